The van der Waals surface area contributed by atoms with E-state index in [2.05, 4.69) is 73.1 Å². The van der Waals surface area contributed by atoms with Crippen molar-refractivity contribution in [3.05, 3.63) is 136 Å². The Labute approximate surface area is 627 Å². The van der Waals surface area contributed by atoms with E-state index in [4.69, 9.17) is 15.9 Å². The zero-order valence-electron chi connectivity index (χ0n) is 58.0. The predicted molar refractivity (Wildman–Crippen MR) is 395 cm³/mol. The zero-order chi connectivity index (χ0) is 78.5. The number of likely N-dealkylation sites (tertiary alicyclic amines) is 1. The second-order valence-electron chi connectivity index (χ2n) is 25.3. The van der Waals surface area contributed by atoms with Crippen molar-refractivity contribution >= 4 is 125 Å². The number of aliphatic hydroxyl groups excluding tert-OH is 2. The number of phenolic OH excluding ortho intramolecular Hbond substituents is 3. The Kier molecular flexibility index (Phi) is 30.3. The molecule has 0 bridgehead atoms. The van der Waals surface area contributed by atoms with Gasteiger partial charge in [0.1, 0.15) is 89.0 Å². The van der Waals surface area contributed by atoms with Crippen molar-refractivity contribution < 1.29 is 97.4 Å². The molecule has 3 aliphatic rings. The molecule has 1 aliphatic carbocycles. The van der Waals surface area contributed by atoms with Gasteiger partial charge in [-0.3, -0.25) is 62.3 Å². The molecule has 0 radical (unpaired) electrons. The Morgan fingerprint density at radius 3 is 1.63 bits per heavy atom. The van der Waals surface area contributed by atoms with Crippen LogP contribution in [0, 0.1) is 0 Å². The van der Waals surface area contributed by atoms with Crippen LogP contribution >= 0.6 is 37.0 Å². The van der Waals surface area contributed by atoms with Gasteiger partial charge >= 0.3 is 5.97 Å². The number of carbonyl (C=O) groups is 13. The number of nitrogens with one attached hydrogen (secondary N) is 9. The number of carboxylic acids is 1. The normalized spacial score (nSPS) is 15.7. The number of hydrogen-bond acceptors (Lipinski definition) is 23. The highest BCUT2D eigenvalue weighted by molar-refractivity contribution is 7.98. The van der Waals surface area contributed by atoms with Gasteiger partial charge in [0.2, 0.25) is 65.0 Å². The van der Waals surface area contributed by atoms with Crippen molar-refractivity contribution in [1.29, 1.82) is 0 Å². The first-order chi connectivity index (χ1) is 50.8. The number of nitrogens with zero attached hydrogens (tertiary/aromatic N) is 1. The van der Waals surface area contributed by atoms with Crippen LogP contribution < -0.4 is 64.7 Å². The monoisotopic (exact) mass is 1540 g/mol. The van der Waals surface area contributed by atoms with Crippen LogP contribution in [0.25, 0.3) is 33.4 Å². The molecule has 0 spiro atoms. The quantitative estimate of drug-likeness (QED) is 0.0160. The summed E-state index contributed by atoms with van der Waals surface area (Å²) < 4.78 is 5.99. The smallest absolute Gasteiger partial charge is 0.327 e. The minimum absolute atomic E-state index is 0.0636. The van der Waals surface area contributed by atoms with Gasteiger partial charge in [0.15, 0.2) is 5.43 Å². The molecule has 2 aliphatic heterocycles. The van der Waals surface area contributed by atoms with Crippen molar-refractivity contribution in [2.24, 2.45) is 11.5 Å². The van der Waals surface area contributed by atoms with Crippen molar-refractivity contribution in [2.75, 3.05) is 30.1 Å². The summed E-state index contributed by atoms with van der Waals surface area (Å²) in [6, 6.07) is 8.90. The molecular formula is C71H84N12O21S3. The third kappa shape index (κ3) is 23.0. The van der Waals surface area contributed by atoms with E-state index in [-0.39, 0.29) is 94.6 Å². The Balaban J connectivity index is 1.06. The molecule has 0 aromatic heterocycles. The number of primary amides is 2. The first kappa shape index (κ1) is 83.3. The summed E-state index contributed by atoms with van der Waals surface area (Å²) in [4.78, 5) is 193. The Morgan fingerprint density at radius 2 is 1.07 bits per heavy atom. The van der Waals surface area contributed by atoms with Crippen molar-refractivity contribution in [2.45, 2.75) is 138 Å². The molecule has 1 fully saturated rings. The fourth-order valence-electron chi connectivity index (χ4n) is 11.7. The number of aliphatic carboxylic acids is 1. The van der Waals surface area contributed by atoms with E-state index in [1.165, 1.54) is 96.7 Å². The van der Waals surface area contributed by atoms with Gasteiger partial charge in [0, 0.05) is 71.5 Å². The van der Waals surface area contributed by atoms with Crippen LogP contribution in [0.1, 0.15) is 73.9 Å². The fraction of sp³-hybridized carbons (Fsp3) is 0.380. The van der Waals surface area contributed by atoms with Crippen LogP contribution in [0.15, 0.2) is 118 Å². The lowest BCUT2D eigenvalue weighted by atomic mass is 9.90. The van der Waals surface area contributed by atoms with Crippen molar-refractivity contribution in [3.8, 4) is 39.7 Å². The second-order valence-corrected chi connectivity index (χ2v) is 27.0. The minimum Gasteiger partial charge on any atom is -0.508 e. The molecule has 4 aromatic carbocycles. The molecule has 7 rings (SSSR count). The first-order valence-corrected chi connectivity index (χ1v) is 36.2. The predicted octanol–water partition coefficient (Wildman–Crippen LogP) is -1.27. The zero-order valence-corrected chi connectivity index (χ0v) is 60.6. The summed E-state index contributed by atoms with van der Waals surface area (Å²) >= 11 is 9.61. The third-order valence-electron chi connectivity index (χ3n) is 17.3. The van der Waals surface area contributed by atoms with Crippen LogP contribution in [0.2, 0.25) is 0 Å². The van der Waals surface area contributed by atoms with E-state index in [9.17, 15) is 97.8 Å². The molecule has 0 unspecified atom stereocenters. The summed E-state index contributed by atoms with van der Waals surface area (Å²) in [5, 5.41) is 84.6. The highest BCUT2D eigenvalue weighted by Crippen LogP contribution is 2.42. The minimum atomic E-state index is -2.01. The fourth-order valence-corrected chi connectivity index (χ4v) is 12.7. The molecule has 12 amide bonds. The van der Waals surface area contributed by atoms with E-state index in [1.807, 2.05) is 0 Å². The number of amides is 12. The van der Waals surface area contributed by atoms with Crippen LogP contribution in [-0.4, -0.2) is 215 Å². The van der Waals surface area contributed by atoms with Gasteiger partial charge in [-0.05, 0) is 123 Å². The molecule has 2 heterocycles. The Morgan fingerprint density at radius 1 is 0.561 bits per heavy atom. The molecule has 33 nitrogen and oxygen atoms in total. The molecule has 12 atom stereocenters. The Hall–Kier alpha value is -11.0. The Bertz CT molecular complexity index is 4300. The summed E-state index contributed by atoms with van der Waals surface area (Å²) in [5.74, 6) is -14.7. The number of rotatable bonds is 37. The van der Waals surface area contributed by atoms with Crippen LogP contribution in [0.5, 0.6) is 17.2 Å². The average molecular weight is 1540 g/mol. The maximum atomic E-state index is 14.6. The number of nitrogens with two attached hydrogens (primary N) is 2. The second kappa shape index (κ2) is 38.9. The number of fused-ring (bicyclic) bond motifs is 2. The molecule has 19 N–H and O–H groups in total. The summed E-state index contributed by atoms with van der Waals surface area (Å²) in [6.07, 6.45) is -4.50. The van der Waals surface area contributed by atoms with Gasteiger partial charge in [0.05, 0.1) is 18.6 Å². The number of phenols is 3. The number of thioether (sulfide) groups is 1. The van der Waals surface area contributed by atoms with Crippen LogP contribution in [0.4, 0.5) is 0 Å². The number of aromatic hydroxyl groups is 3. The molecule has 1 saturated heterocycles. The van der Waals surface area contributed by atoms with Gasteiger partial charge in [-0.15, -0.1) is 0 Å². The van der Waals surface area contributed by atoms with E-state index in [0.29, 0.717) is 27.6 Å². The SMILES string of the molecule is CSCC[C@H](NC(=O)[C@H](CS)NC(=O)c1ccccc1-c1c2ccc(=O)cc-2oc2cc(O)ccc12)C(=O)N[C@@H](CCC(N)=O)C(=O)N[C@@H](Cc1ccc(O)cc1)C(=O)N[C@H](C(=O)N[C@H](C(=O)N1CCC[C@H]1C(=O)N[C@@H](CC(N)=O)C(=O)N[C@@H](Cc1ccc(O)cc1)C(=O)N[C@@H](CS)C(=O)O)[C@@H](C)O)[C@@H](C)O. The third-order valence-corrected chi connectivity index (χ3v) is 18.7. The highest BCUT2D eigenvalue weighted by atomic mass is 32.2. The number of carboxylic acid groups (broad SMARTS) is 1. The largest absolute Gasteiger partial charge is 0.508 e. The van der Waals surface area contributed by atoms with Crippen molar-refractivity contribution in [1.82, 2.24) is 52.8 Å². The molecule has 4 aromatic rings. The van der Waals surface area contributed by atoms with Gasteiger partial charge < -0.3 is 99.3 Å². The topological polar surface area (TPSA) is 537 Å². The first-order valence-electron chi connectivity index (χ1n) is 33.6. The van der Waals surface area contributed by atoms with Gasteiger partial charge in [-0.2, -0.15) is 37.0 Å². The van der Waals surface area contributed by atoms with E-state index < -0.39 is 175 Å². The number of benzene rings is 5. The van der Waals surface area contributed by atoms with Crippen molar-refractivity contribution in [3.63, 3.8) is 0 Å². The maximum Gasteiger partial charge on any atom is 0.327 e. The molecular weight excluding hydrogens is 1450 g/mol. The van der Waals surface area contributed by atoms with E-state index >= 15 is 0 Å². The van der Waals surface area contributed by atoms with Crippen LogP contribution in [0.3, 0.4) is 0 Å². The molecule has 572 valence electrons. The van der Waals surface area contributed by atoms with E-state index in [0.717, 1.165) is 18.7 Å². The number of hydrogen-bond donors (Lipinski definition) is 19. The number of thiol groups is 2. The average Bonchev–Trinajstić information content (AvgIpc) is 1.07. The highest BCUT2D eigenvalue weighted by Gasteiger charge is 2.43. The van der Waals surface area contributed by atoms with Crippen LogP contribution in [-0.2, 0) is 70.4 Å². The molecule has 36 heteroatoms. The maximum absolute atomic E-state index is 14.6. The number of carbonyl (C=O) groups excluding carboxylic acids is 12. The summed E-state index contributed by atoms with van der Waals surface area (Å²) in [7, 11) is 0. The lowest BCUT2D eigenvalue weighted by Gasteiger charge is -2.32. The standard InChI is InChI=1S/C71H84N12O21S3/c1-34(84)59(69(100)82-60(35(2)85)70(101)83-25-6-9-53(83)68(99)78-50(31-57(73)91)65(96)77-48(27-36-10-14-38(86)15-11-36)64(95)80-52(33-106)71(102)103)81-66(97)49(28-37-12-16-39(87)17-13-37)76-62(93)46(22-23-56(72)90)74-63(94)47(24-26-107-3)75-67(98)51(32-105)79-61(92)43-8-5-4-7-42(43)58-44-20-18-40(88)29-54(44)104-55-30-41(89)19-21-45(55)58/h4-5,7-8,10-21,29-30,34-35,46-53,59-60,84-88,105-106H,6,9,22-28,31-33H2,1-3H3,(H2,72,90)(H2,73,91)(H,74,94)(H,75,98)(H,76,93)(H,77,96)(H,78,99)(H,79,92)(H,80,95)(H,81,97)(H,82,100)(H,102,103)/t34-,35-,46+,47+,48+,49+,50+,51+,52+,53+,59+,60+/m1/s1. The van der Waals surface area contributed by atoms with Gasteiger partial charge in [-0.25, -0.2) is 4.79 Å². The molecule has 0 saturated carbocycles. The summed E-state index contributed by atoms with van der Waals surface area (Å²) in [6.45, 7) is 1.99. The summed E-state index contributed by atoms with van der Waals surface area (Å²) in [5.41, 5.74) is 12.8. The van der Waals surface area contributed by atoms with Gasteiger partial charge in [0.25, 0.3) is 5.91 Å². The van der Waals surface area contributed by atoms with E-state index in [1.54, 1.807) is 30.5 Å². The molecule has 107 heavy (non-hydrogen) atoms. The lowest BCUT2D eigenvalue weighted by Crippen LogP contribution is -2.63. The lowest BCUT2D eigenvalue weighted by molar-refractivity contribution is -0.145. The number of aliphatic hydroxyl groups is 2. The van der Waals surface area contributed by atoms with Gasteiger partial charge in [-0.1, -0.05) is 42.5 Å².